The molecule has 2 aromatic carbocycles. The van der Waals surface area contributed by atoms with Gasteiger partial charge in [-0.3, -0.25) is 0 Å². The third kappa shape index (κ3) is 1.05. The Bertz CT molecular complexity index is 853. The molecule has 4 rings (SSSR count). The number of hydrogen-bond donors (Lipinski definition) is 0. The number of aromatic nitrogens is 2. The van der Waals surface area contributed by atoms with E-state index in [1.54, 1.807) is 18.2 Å². The van der Waals surface area contributed by atoms with Gasteiger partial charge < -0.3 is 4.74 Å². The largest absolute Gasteiger partial charge is 0.386 e. The van der Waals surface area contributed by atoms with Gasteiger partial charge in [0.2, 0.25) is 0 Å². The van der Waals surface area contributed by atoms with Crippen LogP contribution in [0.15, 0.2) is 24.3 Å². The quantitative estimate of drug-likeness (QED) is 0.455. The van der Waals surface area contributed by atoms with Crippen molar-refractivity contribution in [2.24, 2.45) is 0 Å². The maximum atomic E-state index is 11.8. The van der Waals surface area contributed by atoms with E-state index >= 15 is 0 Å². The lowest BCUT2D eigenvalue weighted by Gasteiger charge is -2.15. The summed E-state index contributed by atoms with van der Waals surface area (Å²) < 4.78 is 9.45. The molecule has 18 heavy (non-hydrogen) atoms. The highest BCUT2D eigenvalue weighted by atomic mass is 32.1. The Morgan fingerprint density at radius 3 is 2.83 bits per heavy atom. The number of esters is 2. The van der Waals surface area contributed by atoms with Crippen LogP contribution in [0.25, 0.3) is 21.0 Å². The van der Waals surface area contributed by atoms with Gasteiger partial charge in [0.25, 0.3) is 0 Å². The van der Waals surface area contributed by atoms with E-state index in [-0.39, 0.29) is 0 Å². The van der Waals surface area contributed by atoms with Gasteiger partial charge in [-0.15, -0.1) is 5.10 Å². The van der Waals surface area contributed by atoms with Crippen LogP contribution < -0.4 is 0 Å². The zero-order valence-corrected chi connectivity index (χ0v) is 9.65. The van der Waals surface area contributed by atoms with Crippen LogP contribution >= 0.6 is 11.5 Å². The van der Waals surface area contributed by atoms with E-state index in [4.69, 9.17) is 4.74 Å². The molecule has 0 fully saturated rings. The molecule has 0 spiro atoms. The van der Waals surface area contributed by atoms with Gasteiger partial charge in [-0.1, -0.05) is 16.6 Å². The number of rotatable bonds is 0. The van der Waals surface area contributed by atoms with Crippen LogP contribution in [-0.2, 0) is 4.74 Å². The molecule has 0 N–H and O–H groups in total. The van der Waals surface area contributed by atoms with E-state index in [9.17, 15) is 9.59 Å². The zero-order chi connectivity index (χ0) is 12.3. The minimum atomic E-state index is -0.626. The summed E-state index contributed by atoms with van der Waals surface area (Å²) in [7, 11) is 0. The first-order valence-corrected chi connectivity index (χ1v) is 5.97. The van der Waals surface area contributed by atoms with Crippen molar-refractivity contribution in [3.63, 3.8) is 0 Å². The Morgan fingerprint density at radius 1 is 1.11 bits per heavy atom. The van der Waals surface area contributed by atoms with Crippen molar-refractivity contribution in [2.45, 2.75) is 0 Å². The summed E-state index contributed by atoms with van der Waals surface area (Å²) in [4.78, 5) is 23.4. The van der Waals surface area contributed by atoms with Gasteiger partial charge in [0.05, 0.1) is 15.8 Å². The van der Waals surface area contributed by atoms with E-state index in [1.165, 1.54) is 11.5 Å². The third-order valence-electron chi connectivity index (χ3n) is 3.00. The smallest absolute Gasteiger partial charge is 0.346 e. The zero-order valence-electron chi connectivity index (χ0n) is 8.84. The SMILES string of the molecule is O=C1OC(=O)c2cc3nnsc3c3cccc1c23. The molecule has 0 bridgehead atoms. The lowest BCUT2D eigenvalue weighted by Crippen LogP contribution is -2.19. The molecule has 0 aliphatic carbocycles. The average Bonchev–Trinajstić information content (AvgIpc) is 2.83. The number of carbonyl (C=O) groups excluding carboxylic acids is 2. The number of cyclic esters (lactones) is 2. The lowest BCUT2D eigenvalue weighted by molar-refractivity contribution is 0.0391. The molecular formula is C12H4N2O3S. The van der Waals surface area contributed by atoms with Crippen molar-refractivity contribution in [1.82, 2.24) is 9.59 Å². The summed E-state index contributed by atoms with van der Waals surface area (Å²) in [5.74, 6) is -1.23. The summed E-state index contributed by atoms with van der Waals surface area (Å²) in [6.45, 7) is 0. The average molecular weight is 256 g/mol. The molecular weight excluding hydrogens is 252 g/mol. The van der Waals surface area contributed by atoms with Crippen molar-refractivity contribution >= 4 is 44.5 Å². The second-order valence-electron chi connectivity index (χ2n) is 3.95. The van der Waals surface area contributed by atoms with Crippen molar-refractivity contribution in [2.75, 3.05) is 0 Å². The van der Waals surface area contributed by atoms with E-state index in [2.05, 4.69) is 9.59 Å². The van der Waals surface area contributed by atoms with Crippen molar-refractivity contribution < 1.29 is 14.3 Å². The van der Waals surface area contributed by atoms with E-state index in [0.717, 1.165) is 10.1 Å². The normalized spacial score (nSPS) is 14.2. The summed E-state index contributed by atoms with van der Waals surface area (Å²) in [6, 6.07) is 6.90. The van der Waals surface area contributed by atoms with Crippen LogP contribution in [0.3, 0.4) is 0 Å². The number of ether oxygens (including phenoxy) is 1. The third-order valence-corrected chi connectivity index (χ3v) is 3.77. The van der Waals surface area contributed by atoms with Crippen molar-refractivity contribution in [3.8, 4) is 0 Å². The summed E-state index contributed by atoms with van der Waals surface area (Å²) >= 11 is 1.25. The number of hydrogen-bond acceptors (Lipinski definition) is 6. The van der Waals surface area contributed by atoms with Crippen LogP contribution in [-0.4, -0.2) is 21.5 Å². The maximum absolute atomic E-state index is 11.8. The highest BCUT2D eigenvalue weighted by Crippen LogP contribution is 2.35. The van der Waals surface area contributed by atoms with Crippen LogP contribution in [0, 0.1) is 0 Å². The predicted octanol–water partition coefficient (Wildman–Crippen LogP) is 2.16. The van der Waals surface area contributed by atoms with Gasteiger partial charge in [-0.05, 0) is 23.7 Å². The minimum absolute atomic E-state index is 0.375. The summed E-state index contributed by atoms with van der Waals surface area (Å²) in [6.07, 6.45) is 0. The molecule has 5 nitrogen and oxygen atoms in total. The van der Waals surface area contributed by atoms with Gasteiger partial charge in [-0.25, -0.2) is 9.59 Å². The molecule has 0 saturated heterocycles. The Kier molecular flexibility index (Phi) is 1.67. The van der Waals surface area contributed by atoms with Crippen molar-refractivity contribution in [1.29, 1.82) is 0 Å². The Balaban J connectivity index is 2.35. The fraction of sp³-hybridized carbons (Fsp3) is 0. The molecule has 3 aromatic rings. The van der Waals surface area contributed by atoms with E-state index < -0.39 is 11.9 Å². The van der Waals surface area contributed by atoms with Crippen LogP contribution in [0.1, 0.15) is 20.7 Å². The highest BCUT2D eigenvalue weighted by Gasteiger charge is 2.28. The fourth-order valence-electron chi connectivity index (χ4n) is 2.24. The summed E-state index contributed by atoms with van der Waals surface area (Å²) in [5, 5.41) is 5.42. The first-order chi connectivity index (χ1) is 8.75. The standard InChI is InChI=1S/C12H4N2O3S/c15-11-6-3-1-2-5-9(6)7(12(16)17-11)4-8-10(5)18-14-13-8/h1-4H. The first-order valence-electron chi connectivity index (χ1n) is 5.20. The lowest BCUT2D eigenvalue weighted by atomic mass is 9.97. The Morgan fingerprint density at radius 2 is 1.94 bits per heavy atom. The summed E-state index contributed by atoms with van der Waals surface area (Å²) in [5.41, 5.74) is 1.43. The Hall–Kier alpha value is -2.34. The molecule has 0 amide bonds. The highest BCUT2D eigenvalue weighted by molar-refractivity contribution is 7.14. The molecule has 1 aliphatic rings. The first kappa shape index (κ1) is 9.67. The van der Waals surface area contributed by atoms with E-state index in [1.807, 2.05) is 6.07 Å². The molecule has 0 atom stereocenters. The number of carbonyl (C=O) groups is 2. The Labute approximate surface area is 104 Å². The van der Waals surface area contributed by atoms with Gasteiger partial charge in [0.1, 0.15) is 5.52 Å². The monoisotopic (exact) mass is 256 g/mol. The van der Waals surface area contributed by atoms with Gasteiger partial charge in [0.15, 0.2) is 0 Å². The van der Waals surface area contributed by atoms with Gasteiger partial charge in [0, 0.05) is 10.8 Å². The molecule has 6 heteroatoms. The topological polar surface area (TPSA) is 69.2 Å². The van der Waals surface area contributed by atoms with Gasteiger partial charge in [-0.2, -0.15) is 0 Å². The number of fused-ring (bicyclic) bond motifs is 2. The molecule has 0 unspecified atom stereocenters. The van der Waals surface area contributed by atoms with Gasteiger partial charge >= 0.3 is 11.9 Å². The minimum Gasteiger partial charge on any atom is -0.386 e. The van der Waals surface area contributed by atoms with E-state index in [0.29, 0.717) is 22.0 Å². The van der Waals surface area contributed by atoms with Crippen LogP contribution in [0.5, 0.6) is 0 Å². The fourth-order valence-corrected chi connectivity index (χ4v) is 2.92. The molecule has 1 aliphatic heterocycles. The van der Waals surface area contributed by atoms with Crippen molar-refractivity contribution in [3.05, 3.63) is 35.4 Å². The molecule has 0 saturated carbocycles. The predicted molar refractivity (Wildman–Crippen MR) is 64.7 cm³/mol. The second-order valence-corrected chi connectivity index (χ2v) is 4.70. The number of benzene rings is 2. The molecule has 0 radical (unpaired) electrons. The second kappa shape index (κ2) is 3.11. The molecule has 2 heterocycles. The molecule has 1 aromatic heterocycles. The maximum Gasteiger partial charge on any atom is 0.346 e. The van der Waals surface area contributed by atoms with Crippen LogP contribution in [0.4, 0.5) is 0 Å². The number of nitrogens with zero attached hydrogens (tertiary/aromatic N) is 2. The van der Waals surface area contributed by atoms with Crippen LogP contribution in [0.2, 0.25) is 0 Å². The molecule has 86 valence electrons.